The van der Waals surface area contributed by atoms with E-state index in [4.69, 9.17) is 11.6 Å². The highest BCUT2D eigenvalue weighted by atomic mass is 35.5. The van der Waals surface area contributed by atoms with Crippen molar-refractivity contribution in [3.8, 4) is 0 Å². The first-order valence-electron chi connectivity index (χ1n) is 7.35. The van der Waals surface area contributed by atoms with Gasteiger partial charge in [-0.1, -0.05) is 18.5 Å². The van der Waals surface area contributed by atoms with E-state index in [2.05, 4.69) is 22.2 Å². The molecule has 19 heavy (non-hydrogen) atoms. The van der Waals surface area contributed by atoms with E-state index in [0.717, 1.165) is 49.2 Å². The van der Waals surface area contributed by atoms with Gasteiger partial charge in [0.2, 0.25) is 0 Å². The molecule has 1 aliphatic heterocycles. The van der Waals surface area contributed by atoms with Crippen molar-refractivity contribution in [1.82, 2.24) is 20.0 Å². The van der Waals surface area contributed by atoms with Crippen LogP contribution in [0.3, 0.4) is 0 Å². The fraction of sp³-hybridized carbons (Fsp3) is 0.786. The van der Waals surface area contributed by atoms with Gasteiger partial charge >= 0.3 is 0 Å². The van der Waals surface area contributed by atoms with Gasteiger partial charge in [-0.05, 0) is 25.2 Å². The molecule has 4 nitrogen and oxygen atoms in total. The largest absolute Gasteiger partial charge is 0.314 e. The topological polar surface area (TPSA) is 33.1 Å². The van der Waals surface area contributed by atoms with E-state index in [-0.39, 0.29) is 0 Å². The van der Waals surface area contributed by atoms with Crippen molar-refractivity contribution < 1.29 is 0 Å². The van der Waals surface area contributed by atoms with E-state index in [1.165, 1.54) is 18.5 Å². The smallest absolute Gasteiger partial charge is 0.0863 e. The number of hydrogen-bond acceptors (Lipinski definition) is 3. The molecule has 5 heteroatoms. The van der Waals surface area contributed by atoms with Gasteiger partial charge in [-0.2, -0.15) is 5.10 Å². The van der Waals surface area contributed by atoms with Gasteiger partial charge in [0, 0.05) is 39.3 Å². The fourth-order valence-corrected chi connectivity index (χ4v) is 3.45. The Morgan fingerprint density at radius 1 is 1.42 bits per heavy atom. The Kier molecular flexibility index (Phi) is 3.83. The summed E-state index contributed by atoms with van der Waals surface area (Å²) in [5.74, 6) is 0.894. The minimum absolute atomic E-state index is 0.685. The first-order valence-corrected chi connectivity index (χ1v) is 7.73. The summed E-state index contributed by atoms with van der Waals surface area (Å²) in [4.78, 5) is 2.59. The lowest BCUT2D eigenvalue weighted by atomic mass is 10.1. The molecule has 1 atom stereocenters. The number of aromatic nitrogens is 2. The first kappa shape index (κ1) is 13.4. The van der Waals surface area contributed by atoms with E-state index < -0.39 is 0 Å². The van der Waals surface area contributed by atoms with Crippen molar-refractivity contribution in [3.63, 3.8) is 0 Å². The molecule has 0 spiro atoms. The van der Waals surface area contributed by atoms with Crippen LogP contribution in [-0.4, -0.2) is 40.4 Å². The zero-order valence-electron chi connectivity index (χ0n) is 11.8. The molecule has 3 rings (SSSR count). The highest BCUT2D eigenvalue weighted by Gasteiger charge is 2.37. The molecule has 1 saturated heterocycles. The van der Waals surface area contributed by atoms with Crippen LogP contribution in [0.25, 0.3) is 0 Å². The molecule has 2 fully saturated rings. The molecular weight excluding hydrogens is 260 g/mol. The summed E-state index contributed by atoms with van der Waals surface area (Å²) in [6.45, 7) is 6.37. The van der Waals surface area contributed by atoms with Gasteiger partial charge in [0.15, 0.2) is 0 Å². The third kappa shape index (κ3) is 2.67. The van der Waals surface area contributed by atoms with Crippen molar-refractivity contribution in [2.75, 3.05) is 19.6 Å². The summed E-state index contributed by atoms with van der Waals surface area (Å²) < 4.78 is 1.97. The molecule has 1 aromatic rings. The SMILES string of the molecule is CCc1nn(C)c(CN2CCNCC2C2CC2)c1Cl. The van der Waals surface area contributed by atoms with Gasteiger partial charge < -0.3 is 5.32 Å². The molecule has 2 heterocycles. The Bertz CT molecular complexity index is 453. The molecule has 0 amide bonds. The minimum Gasteiger partial charge on any atom is -0.314 e. The van der Waals surface area contributed by atoms with E-state index in [0.29, 0.717) is 6.04 Å². The zero-order valence-corrected chi connectivity index (χ0v) is 12.6. The maximum absolute atomic E-state index is 6.47. The van der Waals surface area contributed by atoms with Crippen LogP contribution in [-0.2, 0) is 20.0 Å². The molecule has 1 saturated carbocycles. The maximum atomic E-state index is 6.47. The van der Waals surface area contributed by atoms with Gasteiger partial charge in [0.1, 0.15) is 0 Å². The van der Waals surface area contributed by atoms with E-state index in [1.54, 1.807) is 0 Å². The molecule has 0 bridgehead atoms. The Balaban J connectivity index is 1.77. The quantitative estimate of drug-likeness (QED) is 0.915. The van der Waals surface area contributed by atoms with Gasteiger partial charge in [-0.15, -0.1) is 0 Å². The molecular formula is C14H23ClN4. The molecule has 0 aromatic carbocycles. The summed E-state index contributed by atoms with van der Waals surface area (Å²) in [6, 6.07) is 0.685. The highest BCUT2D eigenvalue weighted by Crippen LogP contribution is 2.36. The Labute approximate surface area is 120 Å². The number of hydrogen-bond donors (Lipinski definition) is 1. The number of piperazine rings is 1. The lowest BCUT2D eigenvalue weighted by Crippen LogP contribution is -2.51. The average Bonchev–Trinajstić information content (AvgIpc) is 3.22. The molecule has 1 aliphatic carbocycles. The molecule has 2 aliphatic rings. The second-order valence-electron chi connectivity index (χ2n) is 5.76. The maximum Gasteiger partial charge on any atom is 0.0863 e. The third-order valence-corrected chi connectivity index (χ3v) is 4.86. The van der Waals surface area contributed by atoms with Crippen molar-refractivity contribution in [2.45, 2.75) is 38.8 Å². The number of nitrogens with one attached hydrogen (secondary N) is 1. The van der Waals surface area contributed by atoms with Crippen molar-refractivity contribution >= 4 is 11.6 Å². The van der Waals surface area contributed by atoms with E-state index >= 15 is 0 Å². The van der Waals surface area contributed by atoms with E-state index in [1.807, 2.05) is 11.7 Å². The van der Waals surface area contributed by atoms with Gasteiger partial charge in [0.05, 0.1) is 16.4 Å². The van der Waals surface area contributed by atoms with Crippen molar-refractivity contribution in [3.05, 3.63) is 16.4 Å². The average molecular weight is 283 g/mol. The molecule has 106 valence electrons. The van der Waals surface area contributed by atoms with Crippen LogP contribution in [0.2, 0.25) is 5.02 Å². The summed E-state index contributed by atoms with van der Waals surface area (Å²) >= 11 is 6.47. The normalized spacial score (nSPS) is 24.9. The second-order valence-corrected chi connectivity index (χ2v) is 6.14. The van der Waals surface area contributed by atoms with Gasteiger partial charge in [-0.25, -0.2) is 0 Å². The van der Waals surface area contributed by atoms with E-state index in [9.17, 15) is 0 Å². The van der Waals surface area contributed by atoms with Gasteiger partial charge in [-0.3, -0.25) is 9.58 Å². The molecule has 1 N–H and O–H groups in total. The third-order valence-electron chi connectivity index (χ3n) is 4.42. The predicted molar refractivity (Wildman–Crippen MR) is 77.4 cm³/mol. The lowest BCUT2D eigenvalue weighted by molar-refractivity contribution is 0.132. The van der Waals surface area contributed by atoms with Crippen molar-refractivity contribution in [2.24, 2.45) is 13.0 Å². The van der Waals surface area contributed by atoms with Crippen LogP contribution in [0.5, 0.6) is 0 Å². The van der Waals surface area contributed by atoms with Crippen LogP contribution >= 0.6 is 11.6 Å². The Morgan fingerprint density at radius 3 is 2.84 bits per heavy atom. The Morgan fingerprint density at radius 2 is 2.21 bits per heavy atom. The summed E-state index contributed by atoms with van der Waals surface area (Å²) in [6.07, 6.45) is 3.69. The summed E-state index contributed by atoms with van der Waals surface area (Å²) in [5, 5.41) is 8.92. The summed E-state index contributed by atoms with van der Waals surface area (Å²) in [7, 11) is 2.01. The van der Waals surface area contributed by atoms with Crippen LogP contribution in [0, 0.1) is 5.92 Å². The predicted octanol–water partition coefficient (Wildman–Crippen LogP) is 1.82. The standard InChI is InChI=1S/C14H23ClN4/c1-3-11-14(15)13(18(2)17-11)9-19-7-6-16-8-12(19)10-4-5-10/h10,12,16H,3-9H2,1-2H3. The number of halogens is 1. The number of aryl methyl sites for hydroxylation is 2. The minimum atomic E-state index is 0.685. The van der Waals surface area contributed by atoms with Crippen LogP contribution in [0.4, 0.5) is 0 Å². The monoisotopic (exact) mass is 282 g/mol. The van der Waals surface area contributed by atoms with Crippen LogP contribution in [0.15, 0.2) is 0 Å². The number of rotatable bonds is 4. The highest BCUT2D eigenvalue weighted by molar-refractivity contribution is 6.31. The lowest BCUT2D eigenvalue weighted by Gasteiger charge is -2.36. The molecule has 0 radical (unpaired) electrons. The summed E-state index contributed by atoms with van der Waals surface area (Å²) in [5.41, 5.74) is 2.20. The first-order chi connectivity index (χ1) is 9.20. The Hall–Kier alpha value is -0.580. The van der Waals surface area contributed by atoms with Crippen LogP contribution < -0.4 is 5.32 Å². The molecule has 1 unspecified atom stereocenters. The second kappa shape index (κ2) is 5.43. The van der Waals surface area contributed by atoms with Gasteiger partial charge in [0.25, 0.3) is 0 Å². The fourth-order valence-electron chi connectivity index (χ4n) is 3.09. The van der Waals surface area contributed by atoms with Crippen LogP contribution in [0.1, 0.15) is 31.2 Å². The van der Waals surface area contributed by atoms with Crippen molar-refractivity contribution in [1.29, 1.82) is 0 Å². The molecule has 1 aromatic heterocycles. The number of nitrogens with zero attached hydrogens (tertiary/aromatic N) is 3. The zero-order chi connectivity index (χ0) is 13.4.